The predicted octanol–water partition coefficient (Wildman–Crippen LogP) is 5.92. The zero-order valence-electron chi connectivity index (χ0n) is 20.5. The predicted molar refractivity (Wildman–Crippen MR) is 130 cm³/mol. The van der Waals surface area contributed by atoms with Gasteiger partial charge in [-0.3, -0.25) is 0 Å². The molecule has 0 aliphatic rings. The number of nitrogens with zero attached hydrogens (tertiary/aromatic N) is 2. The summed E-state index contributed by atoms with van der Waals surface area (Å²) in [5, 5.41) is 0. The molecule has 3 aromatic carbocycles. The van der Waals surface area contributed by atoms with Crippen LogP contribution in [0.4, 0.5) is 13.2 Å². The van der Waals surface area contributed by atoms with Gasteiger partial charge in [0, 0.05) is 13.0 Å². The van der Waals surface area contributed by atoms with E-state index in [1.165, 1.54) is 6.07 Å². The van der Waals surface area contributed by atoms with Crippen molar-refractivity contribution in [2.24, 2.45) is 0 Å². The van der Waals surface area contributed by atoms with Crippen LogP contribution < -0.4 is 18.9 Å². The lowest BCUT2D eigenvalue weighted by Gasteiger charge is -2.13. The summed E-state index contributed by atoms with van der Waals surface area (Å²) in [6.45, 7) is 0.514. The summed E-state index contributed by atoms with van der Waals surface area (Å²) in [5.41, 5.74) is 2.11. The quantitative estimate of drug-likeness (QED) is 0.286. The van der Waals surface area contributed by atoms with E-state index in [-0.39, 0.29) is 0 Å². The first-order valence-electron chi connectivity index (χ1n) is 11.3. The minimum atomic E-state index is -4.44. The fraction of sp³-hybridized carbons (Fsp3) is 0.296. The molecule has 0 amide bonds. The molecule has 4 aromatic rings. The number of aromatic nitrogens is 2. The summed E-state index contributed by atoms with van der Waals surface area (Å²) < 4.78 is 63.4. The molecule has 0 bridgehead atoms. The van der Waals surface area contributed by atoms with E-state index in [0.717, 1.165) is 23.3 Å². The number of benzene rings is 3. The molecule has 0 spiro atoms. The van der Waals surface area contributed by atoms with Crippen LogP contribution in [0.3, 0.4) is 0 Å². The van der Waals surface area contributed by atoms with Crippen LogP contribution in [0.15, 0.2) is 54.6 Å². The molecule has 36 heavy (non-hydrogen) atoms. The van der Waals surface area contributed by atoms with E-state index < -0.39 is 11.7 Å². The van der Waals surface area contributed by atoms with Crippen molar-refractivity contribution < 1.29 is 32.1 Å². The van der Waals surface area contributed by atoms with Crippen LogP contribution in [-0.2, 0) is 25.6 Å². The van der Waals surface area contributed by atoms with Crippen molar-refractivity contribution >= 4 is 11.0 Å². The third-order valence-corrected chi connectivity index (χ3v) is 6.04. The lowest BCUT2D eigenvalue weighted by molar-refractivity contribution is -0.137. The fourth-order valence-electron chi connectivity index (χ4n) is 4.19. The monoisotopic (exact) mass is 500 g/mol. The summed E-state index contributed by atoms with van der Waals surface area (Å²) in [7, 11) is 6.26. The Hall–Kier alpha value is -3.88. The van der Waals surface area contributed by atoms with E-state index in [9.17, 15) is 13.2 Å². The second-order valence-corrected chi connectivity index (χ2v) is 8.19. The van der Waals surface area contributed by atoms with Crippen molar-refractivity contribution in [3.63, 3.8) is 0 Å². The molecule has 0 saturated carbocycles. The Kier molecular flexibility index (Phi) is 7.28. The van der Waals surface area contributed by atoms with Crippen molar-refractivity contribution in [1.82, 2.24) is 9.55 Å². The van der Waals surface area contributed by atoms with Crippen LogP contribution in [0.2, 0.25) is 0 Å². The van der Waals surface area contributed by atoms with E-state index >= 15 is 0 Å². The number of imidazole rings is 1. The second-order valence-electron chi connectivity index (χ2n) is 8.19. The highest BCUT2D eigenvalue weighted by molar-refractivity contribution is 5.77. The van der Waals surface area contributed by atoms with Crippen LogP contribution in [-0.4, -0.2) is 38.0 Å². The Morgan fingerprint density at radius 1 is 0.722 bits per heavy atom. The van der Waals surface area contributed by atoms with Gasteiger partial charge in [-0.25, -0.2) is 4.98 Å². The number of rotatable bonds is 9. The van der Waals surface area contributed by atoms with Crippen molar-refractivity contribution in [3.8, 4) is 23.0 Å². The van der Waals surface area contributed by atoms with Gasteiger partial charge in [0.05, 0.1) is 45.0 Å². The van der Waals surface area contributed by atoms with Crippen LogP contribution in [0.5, 0.6) is 23.0 Å². The molecule has 0 aliphatic carbocycles. The van der Waals surface area contributed by atoms with Gasteiger partial charge in [-0.05, 0) is 60.0 Å². The van der Waals surface area contributed by atoms with E-state index in [4.69, 9.17) is 18.9 Å². The molecule has 1 aromatic heterocycles. The molecule has 0 aliphatic heterocycles. The van der Waals surface area contributed by atoms with Crippen LogP contribution in [0.1, 0.15) is 22.5 Å². The van der Waals surface area contributed by atoms with Gasteiger partial charge in [-0.2, -0.15) is 13.2 Å². The van der Waals surface area contributed by atoms with Gasteiger partial charge in [-0.15, -0.1) is 0 Å². The number of aryl methyl sites for hydroxylation is 2. The van der Waals surface area contributed by atoms with Crippen LogP contribution in [0, 0.1) is 0 Å². The summed E-state index contributed by atoms with van der Waals surface area (Å²) in [4.78, 5) is 4.60. The average molecular weight is 501 g/mol. The maximum absolute atomic E-state index is 13.3. The third-order valence-electron chi connectivity index (χ3n) is 6.04. The highest BCUT2D eigenvalue weighted by Crippen LogP contribution is 2.33. The number of methoxy groups -OCH3 is 4. The molecule has 9 heteroatoms. The van der Waals surface area contributed by atoms with Gasteiger partial charge in [0.1, 0.15) is 5.82 Å². The van der Waals surface area contributed by atoms with Gasteiger partial charge in [0.15, 0.2) is 23.0 Å². The molecule has 0 saturated heterocycles. The van der Waals surface area contributed by atoms with Gasteiger partial charge in [-0.1, -0.05) is 12.1 Å². The van der Waals surface area contributed by atoms with Crippen molar-refractivity contribution in [2.45, 2.75) is 25.6 Å². The van der Waals surface area contributed by atoms with Crippen molar-refractivity contribution in [2.75, 3.05) is 28.4 Å². The lowest BCUT2D eigenvalue weighted by atomic mass is 10.1. The van der Waals surface area contributed by atoms with Crippen LogP contribution in [0.25, 0.3) is 11.0 Å². The molecule has 0 unspecified atom stereocenters. The molecular weight excluding hydrogens is 473 g/mol. The Balaban J connectivity index is 1.72. The molecule has 0 fully saturated rings. The Labute approximate surface area is 207 Å². The van der Waals surface area contributed by atoms with Gasteiger partial charge in [0.25, 0.3) is 0 Å². The molecule has 190 valence electrons. The van der Waals surface area contributed by atoms with E-state index in [0.29, 0.717) is 59.2 Å². The molecule has 0 radical (unpaired) electrons. The molecular formula is C27H27F3N2O4. The molecule has 0 N–H and O–H groups in total. The molecule has 4 rings (SSSR count). The number of alkyl halides is 3. The highest BCUT2D eigenvalue weighted by Gasteiger charge is 2.31. The van der Waals surface area contributed by atoms with E-state index in [1.54, 1.807) is 34.5 Å². The number of halogens is 3. The smallest absolute Gasteiger partial charge is 0.416 e. The topological polar surface area (TPSA) is 54.7 Å². The lowest BCUT2D eigenvalue weighted by Crippen LogP contribution is -2.08. The van der Waals surface area contributed by atoms with Crippen molar-refractivity contribution in [3.05, 3.63) is 77.1 Å². The maximum Gasteiger partial charge on any atom is 0.416 e. The second kappa shape index (κ2) is 10.4. The Morgan fingerprint density at radius 3 is 1.89 bits per heavy atom. The molecule has 6 nitrogen and oxygen atoms in total. The number of ether oxygens (including phenoxy) is 4. The van der Waals surface area contributed by atoms with Gasteiger partial charge >= 0.3 is 6.18 Å². The third kappa shape index (κ3) is 5.19. The zero-order chi connectivity index (χ0) is 25.9. The van der Waals surface area contributed by atoms with Gasteiger partial charge < -0.3 is 23.5 Å². The fourth-order valence-corrected chi connectivity index (χ4v) is 4.19. The van der Waals surface area contributed by atoms with Gasteiger partial charge in [0.2, 0.25) is 0 Å². The first-order valence-corrected chi connectivity index (χ1v) is 11.3. The minimum Gasteiger partial charge on any atom is -0.493 e. The first kappa shape index (κ1) is 25.2. The van der Waals surface area contributed by atoms with E-state index in [2.05, 4.69) is 4.98 Å². The molecule has 0 atom stereocenters. The molecule has 1 heterocycles. The van der Waals surface area contributed by atoms with Crippen molar-refractivity contribution in [1.29, 1.82) is 0 Å². The summed E-state index contributed by atoms with van der Waals surface area (Å²) in [6, 6.07) is 14.9. The average Bonchev–Trinajstić information content (AvgIpc) is 3.22. The van der Waals surface area contributed by atoms with E-state index in [1.807, 2.05) is 34.9 Å². The largest absolute Gasteiger partial charge is 0.493 e. The normalized spacial score (nSPS) is 11.5. The summed E-state index contributed by atoms with van der Waals surface area (Å²) in [6.07, 6.45) is -3.42. The standard InChI is InChI=1S/C27H27F3N2O4/c1-33-22-9-5-17(13-24(22)35-3)11-12-32-21-8-7-19(27(28,29)30)16-20(21)31-26(32)15-18-6-10-23(34-2)25(14-18)36-4/h5-10,13-14,16H,11-12,15H2,1-4H3. The Bertz CT molecular complexity index is 1370. The summed E-state index contributed by atoms with van der Waals surface area (Å²) >= 11 is 0. The zero-order valence-corrected chi connectivity index (χ0v) is 20.5. The summed E-state index contributed by atoms with van der Waals surface area (Å²) in [5.74, 6) is 3.06. The number of fused-ring (bicyclic) bond motifs is 1. The Morgan fingerprint density at radius 2 is 1.31 bits per heavy atom. The number of hydrogen-bond donors (Lipinski definition) is 0. The highest BCUT2D eigenvalue weighted by atomic mass is 19.4. The minimum absolute atomic E-state index is 0.299. The first-order chi connectivity index (χ1) is 17.3. The van der Waals surface area contributed by atoms with Crippen LogP contribution >= 0.6 is 0 Å². The SMILES string of the molecule is COc1ccc(CCn2c(Cc3ccc(OC)c(OC)c3)nc3cc(C(F)(F)F)ccc32)cc1OC. The number of hydrogen-bond acceptors (Lipinski definition) is 5. The maximum atomic E-state index is 13.3.